The van der Waals surface area contributed by atoms with Crippen molar-refractivity contribution in [1.29, 1.82) is 0 Å². The summed E-state index contributed by atoms with van der Waals surface area (Å²) in [5.74, 6) is 1.37. The number of hydrogen-bond donors (Lipinski definition) is 1. The second-order valence-corrected chi connectivity index (χ2v) is 6.38. The van der Waals surface area contributed by atoms with Crippen LogP contribution in [0.15, 0.2) is 0 Å². The smallest absolute Gasteiger partial charge is 0.241 e. The molecule has 0 radical (unpaired) electrons. The lowest BCUT2D eigenvalue weighted by molar-refractivity contribution is -0.133. The minimum atomic E-state index is 0.0303. The van der Waals surface area contributed by atoms with Crippen LogP contribution in [0.25, 0.3) is 0 Å². The average molecular weight is 254 g/mol. The standard InChI is InChI=1S/C15H30N2O/c1-7-8-14-16-13(9-10(2)3)15(18)17(14)12(6)11(4)5/h10-14,16H,7-9H2,1-6H3. The second kappa shape index (κ2) is 6.55. The molecule has 3 heteroatoms. The van der Waals surface area contributed by atoms with E-state index < -0.39 is 0 Å². The van der Waals surface area contributed by atoms with E-state index in [1.807, 2.05) is 0 Å². The van der Waals surface area contributed by atoms with Gasteiger partial charge in [0, 0.05) is 6.04 Å². The van der Waals surface area contributed by atoms with Gasteiger partial charge >= 0.3 is 0 Å². The van der Waals surface area contributed by atoms with Crippen molar-refractivity contribution in [2.24, 2.45) is 11.8 Å². The van der Waals surface area contributed by atoms with Crippen LogP contribution in [0.3, 0.4) is 0 Å². The van der Waals surface area contributed by atoms with E-state index in [4.69, 9.17) is 0 Å². The quantitative estimate of drug-likeness (QED) is 0.790. The van der Waals surface area contributed by atoms with E-state index in [0.29, 0.717) is 23.8 Å². The van der Waals surface area contributed by atoms with Gasteiger partial charge in [0.05, 0.1) is 12.2 Å². The molecule has 18 heavy (non-hydrogen) atoms. The van der Waals surface area contributed by atoms with Gasteiger partial charge in [0.2, 0.25) is 5.91 Å². The van der Waals surface area contributed by atoms with Crippen LogP contribution >= 0.6 is 0 Å². The van der Waals surface area contributed by atoms with Gasteiger partial charge in [0.15, 0.2) is 0 Å². The summed E-state index contributed by atoms with van der Waals surface area (Å²) in [4.78, 5) is 14.6. The first kappa shape index (κ1) is 15.5. The molecule has 0 spiro atoms. The molecule has 1 amide bonds. The van der Waals surface area contributed by atoms with E-state index in [2.05, 4.69) is 51.8 Å². The summed E-state index contributed by atoms with van der Waals surface area (Å²) in [5, 5.41) is 3.54. The van der Waals surface area contributed by atoms with Gasteiger partial charge < -0.3 is 4.90 Å². The van der Waals surface area contributed by atoms with Crippen LogP contribution in [0.4, 0.5) is 0 Å². The zero-order chi connectivity index (χ0) is 13.9. The summed E-state index contributed by atoms with van der Waals surface area (Å²) in [7, 11) is 0. The Bertz CT molecular complexity index is 276. The number of rotatable bonds is 6. The number of amides is 1. The predicted octanol–water partition coefficient (Wildman–Crippen LogP) is 3.00. The van der Waals surface area contributed by atoms with Gasteiger partial charge in [0.1, 0.15) is 0 Å². The van der Waals surface area contributed by atoms with Gasteiger partial charge in [0.25, 0.3) is 0 Å². The summed E-state index contributed by atoms with van der Waals surface area (Å²) in [6.07, 6.45) is 3.35. The molecule has 1 aliphatic heterocycles. The van der Waals surface area contributed by atoms with Crippen LogP contribution in [0.1, 0.15) is 60.8 Å². The van der Waals surface area contributed by atoms with Crippen molar-refractivity contribution in [3.63, 3.8) is 0 Å². The summed E-state index contributed by atoms with van der Waals surface area (Å²) < 4.78 is 0. The molecule has 0 aliphatic carbocycles. The molecule has 1 fully saturated rings. The summed E-state index contributed by atoms with van der Waals surface area (Å²) in [5.41, 5.74) is 0. The third kappa shape index (κ3) is 3.47. The van der Waals surface area contributed by atoms with Crippen molar-refractivity contribution in [3.05, 3.63) is 0 Å². The predicted molar refractivity (Wildman–Crippen MR) is 76.2 cm³/mol. The third-order valence-corrected chi connectivity index (χ3v) is 3.95. The first-order valence-electron chi connectivity index (χ1n) is 7.46. The number of nitrogens with one attached hydrogen (secondary N) is 1. The van der Waals surface area contributed by atoms with Crippen LogP contribution in [-0.2, 0) is 4.79 Å². The zero-order valence-corrected chi connectivity index (χ0v) is 12.9. The molecule has 0 aromatic heterocycles. The van der Waals surface area contributed by atoms with Crippen LogP contribution in [0, 0.1) is 11.8 Å². The van der Waals surface area contributed by atoms with Gasteiger partial charge in [-0.25, -0.2) is 0 Å². The van der Waals surface area contributed by atoms with Crippen molar-refractivity contribution in [3.8, 4) is 0 Å². The highest BCUT2D eigenvalue weighted by atomic mass is 16.2. The Morgan fingerprint density at radius 1 is 1.22 bits per heavy atom. The van der Waals surface area contributed by atoms with E-state index in [0.717, 1.165) is 19.3 Å². The molecular formula is C15H30N2O. The van der Waals surface area contributed by atoms with E-state index in [-0.39, 0.29) is 12.2 Å². The lowest BCUT2D eigenvalue weighted by atomic mass is 10.0. The maximum atomic E-state index is 12.5. The van der Waals surface area contributed by atoms with Gasteiger partial charge in [-0.3, -0.25) is 10.1 Å². The molecule has 3 nitrogen and oxygen atoms in total. The minimum Gasteiger partial charge on any atom is -0.323 e. The monoisotopic (exact) mass is 254 g/mol. The van der Waals surface area contributed by atoms with E-state index >= 15 is 0 Å². The van der Waals surface area contributed by atoms with Gasteiger partial charge in [-0.05, 0) is 31.6 Å². The summed E-state index contributed by atoms with van der Waals surface area (Å²) >= 11 is 0. The lowest BCUT2D eigenvalue weighted by Gasteiger charge is -2.32. The minimum absolute atomic E-state index is 0.0303. The molecule has 1 heterocycles. The fourth-order valence-corrected chi connectivity index (χ4v) is 2.66. The van der Waals surface area contributed by atoms with Crippen LogP contribution < -0.4 is 5.32 Å². The van der Waals surface area contributed by atoms with E-state index in [1.54, 1.807) is 0 Å². The van der Waals surface area contributed by atoms with Gasteiger partial charge in [-0.15, -0.1) is 0 Å². The van der Waals surface area contributed by atoms with Crippen molar-refractivity contribution in [1.82, 2.24) is 10.2 Å². The Balaban J connectivity index is 2.80. The highest BCUT2D eigenvalue weighted by Gasteiger charge is 2.41. The van der Waals surface area contributed by atoms with Gasteiger partial charge in [-0.1, -0.05) is 41.0 Å². The Hall–Kier alpha value is -0.570. The van der Waals surface area contributed by atoms with Crippen molar-refractivity contribution < 1.29 is 4.79 Å². The van der Waals surface area contributed by atoms with E-state index in [1.165, 1.54) is 0 Å². The maximum Gasteiger partial charge on any atom is 0.241 e. The molecule has 3 atom stereocenters. The second-order valence-electron chi connectivity index (χ2n) is 6.38. The van der Waals surface area contributed by atoms with Crippen molar-refractivity contribution >= 4 is 5.91 Å². The molecule has 1 aliphatic rings. The molecule has 1 saturated heterocycles. The highest BCUT2D eigenvalue weighted by Crippen LogP contribution is 2.24. The number of nitrogens with zero attached hydrogens (tertiary/aromatic N) is 1. The van der Waals surface area contributed by atoms with Crippen LogP contribution in [-0.4, -0.2) is 29.1 Å². The van der Waals surface area contributed by atoms with Crippen molar-refractivity contribution in [2.45, 2.75) is 79.1 Å². The number of hydrogen-bond acceptors (Lipinski definition) is 2. The molecule has 0 saturated carbocycles. The first-order valence-corrected chi connectivity index (χ1v) is 7.46. The molecule has 0 bridgehead atoms. The summed E-state index contributed by atoms with van der Waals surface area (Å²) in [6, 6.07) is 0.349. The Morgan fingerprint density at radius 2 is 1.83 bits per heavy atom. The molecule has 0 aromatic carbocycles. The fourth-order valence-electron chi connectivity index (χ4n) is 2.66. The topological polar surface area (TPSA) is 32.3 Å². The number of carbonyl (C=O) groups is 1. The number of carbonyl (C=O) groups excluding carboxylic acids is 1. The largest absolute Gasteiger partial charge is 0.323 e. The SMILES string of the molecule is CCCC1NC(CC(C)C)C(=O)N1C(C)C(C)C. The Labute approximate surface area is 112 Å². The van der Waals surface area contributed by atoms with E-state index in [9.17, 15) is 4.79 Å². The molecule has 1 rings (SSSR count). The molecule has 0 aromatic rings. The van der Waals surface area contributed by atoms with Crippen LogP contribution in [0.5, 0.6) is 0 Å². The van der Waals surface area contributed by atoms with Crippen molar-refractivity contribution in [2.75, 3.05) is 0 Å². The zero-order valence-electron chi connectivity index (χ0n) is 12.9. The fraction of sp³-hybridized carbons (Fsp3) is 0.933. The molecular weight excluding hydrogens is 224 g/mol. The Kier molecular flexibility index (Phi) is 5.64. The first-order chi connectivity index (χ1) is 8.38. The highest BCUT2D eigenvalue weighted by molar-refractivity contribution is 5.84. The lowest BCUT2D eigenvalue weighted by Crippen LogP contribution is -2.45. The third-order valence-electron chi connectivity index (χ3n) is 3.95. The maximum absolute atomic E-state index is 12.5. The Morgan fingerprint density at radius 3 is 2.28 bits per heavy atom. The molecule has 3 unspecified atom stereocenters. The average Bonchev–Trinajstić information content (AvgIpc) is 2.54. The van der Waals surface area contributed by atoms with Crippen LogP contribution in [0.2, 0.25) is 0 Å². The van der Waals surface area contributed by atoms with Gasteiger partial charge in [-0.2, -0.15) is 0 Å². The normalized spacial score (nSPS) is 26.4. The summed E-state index contributed by atoms with van der Waals surface area (Å²) in [6.45, 7) is 13.1. The molecule has 1 N–H and O–H groups in total. The molecule has 106 valence electrons.